The van der Waals surface area contributed by atoms with Gasteiger partial charge in [0.25, 0.3) is 0 Å². The molecule has 1 aliphatic heterocycles. The highest BCUT2D eigenvalue weighted by Crippen LogP contribution is 2.27. The summed E-state index contributed by atoms with van der Waals surface area (Å²) in [6.07, 6.45) is 4.70. The van der Waals surface area contributed by atoms with Gasteiger partial charge in [-0.15, -0.1) is 0 Å². The highest BCUT2D eigenvalue weighted by Gasteiger charge is 2.20. The largest absolute Gasteiger partial charge is 0.496 e. The molecule has 1 saturated heterocycles. The second-order valence-electron chi connectivity index (χ2n) is 7.39. The molecule has 1 amide bonds. The Balaban J connectivity index is 1.51. The molecule has 0 bridgehead atoms. The van der Waals surface area contributed by atoms with Crippen molar-refractivity contribution in [2.45, 2.75) is 31.8 Å². The number of nitrogens with one attached hydrogen (secondary N) is 3. The lowest BCUT2D eigenvalue weighted by atomic mass is 10.0. The van der Waals surface area contributed by atoms with E-state index in [9.17, 15) is 9.18 Å². The number of hydrogen-bond acceptors (Lipinski definition) is 6. The molecular formula is C22H23ClFN5O2. The first-order valence-electron chi connectivity index (χ1n) is 10.1. The summed E-state index contributed by atoms with van der Waals surface area (Å²) in [5, 5.41) is 10.1. The lowest BCUT2D eigenvalue weighted by Crippen LogP contribution is -2.46. The van der Waals surface area contributed by atoms with Crippen LogP contribution in [-0.4, -0.2) is 35.6 Å². The van der Waals surface area contributed by atoms with E-state index in [1.807, 2.05) is 6.07 Å². The number of carbonyl (C=O) groups excluding carboxylic acids is 1. The third kappa shape index (κ3) is 5.03. The molecule has 7 nitrogen and oxygen atoms in total. The van der Waals surface area contributed by atoms with E-state index in [1.54, 1.807) is 25.4 Å². The van der Waals surface area contributed by atoms with E-state index in [0.29, 0.717) is 29.4 Å². The van der Waals surface area contributed by atoms with E-state index in [0.717, 1.165) is 36.8 Å². The van der Waals surface area contributed by atoms with Gasteiger partial charge in [-0.05, 0) is 43.7 Å². The molecule has 1 aliphatic rings. The molecule has 4 rings (SSSR count). The van der Waals surface area contributed by atoms with Crippen molar-refractivity contribution < 1.29 is 13.9 Å². The minimum absolute atomic E-state index is 0.00407. The Bertz CT molecular complexity index is 1100. The standard InChI is InChI=1S/C22H23ClFN5O2/c1-31-20-10-19-13(8-14(20)12-26-21(30)18-4-2-3-7-25-18)11-27-22(29-19)28-15-5-6-17(24)16(23)9-15/h5-6,8-11,18,25H,2-4,7,12H2,1H3,(H,26,30)(H,27,28,29)/t18-/m1/s1. The Morgan fingerprint density at radius 3 is 2.94 bits per heavy atom. The van der Waals surface area contributed by atoms with Gasteiger partial charge in [0, 0.05) is 35.4 Å². The zero-order chi connectivity index (χ0) is 21.8. The minimum Gasteiger partial charge on any atom is -0.496 e. The second kappa shape index (κ2) is 9.45. The van der Waals surface area contributed by atoms with Crippen LogP contribution in [0.3, 0.4) is 0 Å². The molecule has 0 spiro atoms. The molecular weight excluding hydrogens is 421 g/mol. The molecule has 1 atom stereocenters. The predicted octanol–water partition coefficient (Wildman–Crippen LogP) is 3.93. The molecule has 9 heteroatoms. The number of benzene rings is 2. The molecule has 3 aromatic rings. The Labute approximate surface area is 184 Å². The number of rotatable bonds is 6. The summed E-state index contributed by atoms with van der Waals surface area (Å²) in [4.78, 5) is 21.2. The van der Waals surface area contributed by atoms with Crippen LogP contribution in [0.2, 0.25) is 5.02 Å². The molecule has 162 valence electrons. The van der Waals surface area contributed by atoms with E-state index in [-0.39, 0.29) is 17.0 Å². The number of halogens is 2. The van der Waals surface area contributed by atoms with Crippen molar-refractivity contribution in [1.29, 1.82) is 0 Å². The smallest absolute Gasteiger partial charge is 0.237 e. The maximum absolute atomic E-state index is 13.4. The number of aromatic nitrogens is 2. The molecule has 1 aromatic heterocycles. The summed E-state index contributed by atoms with van der Waals surface area (Å²) in [5.41, 5.74) is 2.09. The van der Waals surface area contributed by atoms with Crippen molar-refractivity contribution in [3.8, 4) is 5.75 Å². The van der Waals surface area contributed by atoms with E-state index >= 15 is 0 Å². The van der Waals surface area contributed by atoms with Crippen molar-refractivity contribution in [2.24, 2.45) is 0 Å². The van der Waals surface area contributed by atoms with E-state index < -0.39 is 5.82 Å². The van der Waals surface area contributed by atoms with E-state index in [4.69, 9.17) is 16.3 Å². The maximum atomic E-state index is 13.4. The molecule has 0 radical (unpaired) electrons. The zero-order valence-electron chi connectivity index (χ0n) is 17.0. The third-order valence-electron chi connectivity index (χ3n) is 5.24. The fraction of sp³-hybridized carbons (Fsp3) is 0.318. The number of nitrogens with zero attached hydrogens (tertiary/aromatic N) is 2. The summed E-state index contributed by atoms with van der Waals surface area (Å²) in [6.45, 7) is 1.22. The number of methoxy groups -OCH3 is 1. The normalized spacial score (nSPS) is 16.2. The number of amides is 1. The minimum atomic E-state index is -0.490. The van der Waals surface area contributed by atoms with Crippen LogP contribution >= 0.6 is 11.6 Å². The van der Waals surface area contributed by atoms with Gasteiger partial charge in [-0.3, -0.25) is 4.79 Å². The van der Waals surface area contributed by atoms with Gasteiger partial charge in [0.05, 0.1) is 23.7 Å². The van der Waals surface area contributed by atoms with Gasteiger partial charge < -0.3 is 20.7 Å². The van der Waals surface area contributed by atoms with Crippen LogP contribution in [0.4, 0.5) is 16.0 Å². The maximum Gasteiger partial charge on any atom is 0.237 e. The quantitative estimate of drug-likeness (QED) is 0.535. The van der Waals surface area contributed by atoms with Gasteiger partial charge in [0.2, 0.25) is 11.9 Å². The molecule has 0 unspecified atom stereocenters. The van der Waals surface area contributed by atoms with Crippen molar-refractivity contribution in [3.05, 3.63) is 52.9 Å². The molecule has 1 fully saturated rings. The summed E-state index contributed by atoms with van der Waals surface area (Å²) >= 11 is 5.83. The van der Waals surface area contributed by atoms with Crippen molar-refractivity contribution >= 4 is 40.0 Å². The first kappa shape index (κ1) is 21.3. The predicted molar refractivity (Wildman–Crippen MR) is 118 cm³/mol. The molecule has 2 aromatic carbocycles. The Kier molecular flexibility index (Phi) is 6.48. The van der Waals surface area contributed by atoms with Crippen LogP contribution in [0.1, 0.15) is 24.8 Å². The lowest BCUT2D eigenvalue weighted by molar-refractivity contribution is -0.123. The van der Waals surface area contributed by atoms with E-state index in [1.165, 1.54) is 12.1 Å². The number of ether oxygens (including phenoxy) is 1. The summed E-state index contributed by atoms with van der Waals surface area (Å²) in [5.74, 6) is 0.478. The van der Waals surface area contributed by atoms with Gasteiger partial charge >= 0.3 is 0 Å². The van der Waals surface area contributed by atoms with Crippen molar-refractivity contribution in [2.75, 3.05) is 19.0 Å². The van der Waals surface area contributed by atoms with E-state index in [2.05, 4.69) is 25.9 Å². The fourth-order valence-corrected chi connectivity index (χ4v) is 3.76. The third-order valence-corrected chi connectivity index (χ3v) is 5.53. The number of anilines is 2. The zero-order valence-corrected chi connectivity index (χ0v) is 17.8. The average molecular weight is 444 g/mol. The van der Waals surface area contributed by atoms with Crippen LogP contribution in [0.15, 0.2) is 36.5 Å². The number of hydrogen-bond donors (Lipinski definition) is 3. The van der Waals surface area contributed by atoms with Gasteiger partial charge in [-0.1, -0.05) is 18.0 Å². The molecule has 3 N–H and O–H groups in total. The van der Waals surface area contributed by atoms with Crippen LogP contribution < -0.4 is 20.7 Å². The highest BCUT2D eigenvalue weighted by molar-refractivity contribution is 6.31. The molecule has 2 heterocycles. The van der Waals surface area contributed by atoms with Crippen LogP contribution in [-0.2, 0) is 11.3 Å². The summed E-state index contributed by atoms with van der Waals surface area (Å²) in [7, 11) is 1.58. The topological polar surface area (TPSA) is 88.2 Å². The summed E-state index contributed by atoms with van der Waals surface area (Å²) in [6, 6.07) is 7.87. The monoisotopic (exact) mass is 443 g/mol. The Morgan fingerprint density at radius 2 is 2.19 bits per heavy atom. The van der Waals surface area contributed by atoms with Crippen molar-refractivity contribution in [3.63, 3.8) is 0 Å². The van der Waals surface area contributed by atoms with Crippen molar-refractivity contribution in [1.82, 2.24) is 20.6 Å². The van der Waals surface area contributed by atoms with Gasteiger partial charge in [0.1, 0.15) is 11.6 Å². The first-order chi connectivity index (χ1) is 15.0. The lowest BCUT2D eigenvalue weighted by Gasteiger charge is -2.22. The Morgan fingerprint density at radius 1 is 1.32 bits per heavy atom. The fourth-order valence-electron chi connectivity index (χ4n) is 3.58. The SMILES string of the molecule is COc1cc2nc(Nc3ccc(F)c(Cl)c3)ncc2cc1CNC(=O)[C@H]1CCCCN1. The molecule has 0 aliphatic carbocycles. The molecule has 0 saturated carbocycles. The average Bonchev–Trinajstić information content (AvgIpc) is 2.79. The second-order valence-corrected chi connectivity index (χ2v) is 7.80. The Hall–Kier alpha value is -2.97. The van der Waals surface area contributed by atoms with Gasteiger partial charge in [0.15, 0.2) is 0 Å². The first-order valence-corrected chi connectivity index (χ1v) is 10.5. The number of piperidine rings is 1. The van der Waals surface area contributed by atoms with Gasteiger partial charge in [-0.25, -0.2) is 14.4 Å². The summed E-state index contributed by atoms with van der Waals surface area (Å²) < 4.78 is 18.9. The van der Waals surface area contributed by atoms with Crippen LogP contribution in [0.5, 0.6) is 5.75 Å². The van der Waals surface area contributed by atoms with Crippen LogP contribution in [0, 0.1) is 5.82 Å². The van der Waals surface area contributed by atoms with Crippen LogP contribution in [0.25, 0.3) is 10.9 Å². The van der Waals surface area contributed by atoms with Gasteiger partial charge in [-0.2, -0.15) is 0 Å². The highest BCUT2D eigenvalue weighted by atomic mass is 35.5. The number of carbonyl (C=O) groups is 1. The number of fused-ring (bicyclic) bond motifs is 1. The molecule has 31 heavy (non-hydrogen) atoms.